The van der Waals surface area contributed by atoms with E-state index in [9.17, 15) is 0 Å². The van der Waals surface area contributed by atoms with Crippen LogP contribution in [0.4, 0.5) is 0 Å². The fraction of sp³-hybridized carbons (Fsp3) is 0.533. The van der Waals surface area contributed by atoms with E-state index in [1.807, 2.05) is 0 Å². The van der Waals surface area contributed by atoms with Crippen LogP contribution in [0.3, 0.4) is 0 Å². The molecule has 0 radical (unpaired) electrons. The molecule has 0 aliphatic carbocycles. The Morgan fingerprint density at radius 2 is 1.83 bits per heavy atom. The summed E-state index contributed by atoms with van der Waals surface area (Å²) in [5.74, 6) is 0.668. The second kappa shape index (κ2) is 5.53. The summed E-state index contributed by atoms with van der Waals surface area (Å²) in [5, 5.41) is 7.50. The predicted octanol–water partition coefficient (Wildman–Crippen LogP) is 2.45. The quantitative estimate of drug-likeness (QED) is 0.635. The van der Waals surface area contributed by atoms with Crippen LogP contribution in [0.1, 0.15) is 29.5 Å². The Balaban J connectivity index is 1.98. The fourth-order valence-electron chi connectivity index (χ4n) is 2.72. The van der Waals surface area contributed by atoms with Crippen LogP contribution in [0.2, 0.25) is 0 Å². The summed E-state index contributed by atoms with van der Waals surface area (Å²) in [5.41, 5.74) is 9.79. The summed E-state index contributed by atoms with van der Waals surface area (Å²) in [4.78, 5) is 2.48. The number of benzene rings is 1. The molecule has 18 heavy (non-hydrogen) atoms. The van der Waals surface area contributed by atoms with Gasteiger partial charge in [-0.15, -0.1) is 0 Å². The van der Waals surface area contributed by atoms with Crippen LogP contribution in [0, 0.1) is 25.2 Å². The number of nitrogens with two attached hydrogens (primary N) is 1. The first kappa shape index (κ1) is 13.1. The van der Waals surface area contributed by atoms with Gasteiger partial charge in [0.25, 0.3) is 0 Å². The molecule has 0 bridgehead atoms. The van der Waals surface area contributed by atoms with Gasteiger partial charge in [-0.25, -0.2) is 0 Å². The largest absolute Gasteiger partial charge is 0.387 e. The van der Waals surface area contributed by atoms with Gasteiger partial charge in [-0.1, -0.05) is 18.2 Å². The Labute approximate surface area is 109 Å². The average Bonchev–Trinajstić information content (AvgIpc) is 2.34. The highest BCUT2D eigenvalue weighted by atomic mass is 15.1. The van der Waals surface area contributed by atoms with Crippen LogP contribution in [-0.2, 0) is 6.54 Å². The molecule has 0 spiro atoms. The van der Waals surface area contributed by atoms with Crippen LogP contribution in [0.5, 0.6) is 0 Å². The number of aryl methyl sites for hydroxylation is 2. The van der Waals surface area contributed by atoms with Crippen molar-refractivity contribution in [2.45, 2.75) is 33.2 Å². The summed E-state index contributed by atoms with van der Waals surface area (Å²) in [6.45, 7) is 7.51. The predicted molar refractivity (Wildman–Crippen MR) is 75.8 cm³/mol. The molecule has 1 aromatic carbocycles. The van der Waals surface area contributed by atoms with Gasteiger partial charge in [-0.2, -0.15) is 0 Å². The van der Waals surface area contributed by atoms with Crippen molar-refractivity contribution in [2.75, 3.05) is 13.1 Å². The Kier molecular flexibility index (Phi) is 4.02. The van der Waals surface area contributed by atoms with E-state index in [1.54, 1.807) is 0 Å². The van der Waals surface area contributed by atoms with E-state index in [4.69, 9.17) is 11.1 Å². The van der Waals surface area contributed by atoms with E-state index in [0.29, 0.717) is 11.8 Å². The maximum absolute atomic E-state index is 7.50. The summed E-state index contributed by atoms with van der Waals surface area (Å²) in [6.07, 6.45) is 2.06. The molecule has 0 unspecified atom stereocenters. The first-order chi connectivity index (χ1) is 8.58. The van der Waals surface area contributed by atoms with Crippen molar-refractivity contribution in [3.8, 4) is 0 Å². The van der Waals surface area contributed by atoms with Crippen LogP contribution >= 0.6 is 0 Å². The van der Waals surface area contributed by atoms with Gasteiger partial charge in [0, 0.05) is 12.5 Å². The van der Waals surface area contributed by atoms with Gasteiger partial charge in [0.15, 0.2) is 0 Å². The van der Waals surface area contributed by atoms with Crippen molar-refractivity contribution in [3.05, 3.63) is 34.9 Å². The zero-order valence-corrected chi connectivity index (χ0v) is 11.4. The summed E-state index contributed by atoms with van der Waals surface area (Å²) in [7, 11) is 0. The molecule has 0 saturated carbocycles. The van der Waals surface area contributed by atoms with Crippen LogP contribution in [0.15, 0.2) is 18.2 Å². The molecule has 0 aromatic heterocycles. The molecular formula is C15H23N3. The van der Waals surface area contributed by atoms with Crippen LogP contribution in [0.25, 0.3) is 0 Å². The lowest BCUT2D eigenvalue weighted by atomic mass is 9.94. The molecule has 2 rings (SSSR count). The molecular weight excluding hydrogens is 222 g/mol. The monoisotopic (exact) mass is 245 g/mol. The lowest BCUT2D eigenvalue weighted by Crippen LogP contribution is -2.38. The third-order valence-electron chi connectivity index (χ3n) is 4.05. The van der Waals surface area contributed by atoms with Crippen LogP contribution in [-0.4, -0.2) is 23.8 Å². The molecule has 1 fully saturated rings. The normalized spacial score (nSPS) is 17.9. The topological polar surface area (TPSA) is 53.1 Å². The molecule has 3 N–H and O–H groups in total. The highest BCUT2D eigenvalue weighted by Gasteiger charge is 2.21. The van der Waals surface area contributed by atoms with E-state index in [1.165, 1.54) is 16.7 Å². The minimum atomic E-state index is 0.305. The first-order valence-electron chi connectivity index (χ1n) is 6.69. The number of hydrogen-bond donors (Lipinski definition) is 2. The van der Waals surface area contributed by atoms with Crippen molar-refractivity contribution >= 4 is 5.84 Å². The Morgan fingerprint density at radius 3 is 2.33 bits per heavy atom. The minimum Gasteiger partial charge on any atom is -0.387 e. The van der Waals surface area contributed by atoms with Gasteiger partial charge < -0.3 is 5.73 Å². The number of hydrogen-bond acceptors (Lipinski definition) is 2. The smallest absolute Gasteiger partial charge is 0.0937 e. The molecule has 98 valence electrons. The van der Waals surface area contributed by atoms with E-state index >= 15 is 0 Å². The fourth-order valence-corrected chi connectivity index (χ4v) is 2.72. The molecule has 1 heterocycles. The Hall–Kier alpha value is -1.35. The summed E-state index contributed by atoms with van der Waals surface area (Å²) < 4.78 is 0. The van der Waals surface area contributed by atoms with Crippen molar-refractivity contribution in [3.63, 3.8) is 0 Å². The van der Waals surface area contributed by atoms with Gasteiger partial charge in [0.2, 0.25) is 0 Å². The van der Waals surface area contributed by atoms with Gasteiger partial charge in [-0.3, -0.25) is 10.3 Å². The minimum absolute atomic E-state index is 0.305. The number of rotatable bonds is 3. The van der Waals surface area contributed by atoms with Crippen molar-refractivity contribution in [2.24, 2.45) is 11.7 Å². The van der Waals surface area contributed by atoms with Gasteiger partial charge >= 0.3 is 0 Å². The first-order valence-corrected chi connectivity index (χ1v) is 6.69. The molecule has 1 aliphatic rings. The summed E-state index contributed by atoms with van der Waals surface area (Å²) in [6, 6.07) is 6.49. The van der Waals surface area contributed by atoms with Gasteiger partial charge in [0.05, 0.1) is 5.84 Å². The third kappa shape index (κ3) is 2.91. The molecule has 1 saturated heterocycles. The van der Waals surface area contributed by atoms with Crippen molar-refractivity contribution < 1.29 is 0 Å². The molecule has 0 amide bonds. The van der Waals surface area contributed by atoms with E-state index in [2.05, 4.69) is 36.9 Å². The second-order valence-corrected chi connectivity index (χ2v) is 5.38. The molecule has 1 aliphatic heterocycles. The van der Waals surface area contributed by atoms with Gasteiger partial charge in [-0.05, 0) is 56.5 Å². The number of likely N-dealkylation sites (tertiary alicyclic amines) is 1. The summed E-state index contributed by atoms with van der Waals surface area (Å²) >= 11 is 0. The second-order valence-electron chi connectivity index (χ2n) is 5.38. The molecule has 3 nitrogen and oxygen atoms in total. The van der Waals surface area contributed by atoms with Crippen molar-refractivity contribution in [1.29, 1.82) is 5.41 Å². The van der Waals surface area contributed by atoms with E-state index in [0.717, 1.165) is 32.5 Å². The SMILES string of the molecule is Cc1cccc(C)c1CN1CCC(C(=N)N)CC1. The molecule has 1 aromatic rings. The number of amidine groups is 1. The Morgan fingerprint density at radius 1 is 1.28 bits per heavy atom. The maximum Gasteiger partial charge on any atom is 0.0937 e. The lowest BCUT2D eigenvalue weighted by molar-refractivity contribution is 0.200. The van der Waals surface area contributed by atoms with E-state index in [-0.39, 0.29) is 0 Å². The molecule has 0 atom stereocenters. The van der Waals surface area contributed by atoms with Crippen molar-refractivity contribution in [1.82, 2.24) is 4.90 Å². The lowest BCUT2D eigenvalue weighted by Gasteiger charge is -2.32. The zero-order chi connectivity index (χ0) is 13.1. The Bertz CT molecular complexity index is 411. The third-order valence-corrected chi connectivity index (χ3v) is 4.05. The number of piperidine rings is 1. The zero-order valence-electron chi connectivity index (χ0n) is 11.4. The average molecular weight is 245 g/mol. The maximum atomic E-state index is 7.50. The number of nitrogens with one attached hydrogen (secondary N) is 1. The number of nitrogens with zero attached hydrogens (tertiary/aromatic N) is 1. The molecule has 3 heteroatoms. The van der Waals surface area contributed by atoms with Gasteiger partial charge in [0.1, 0.15) is 0 Å². The highest BCUT2D eigenvalue weighted by Crippen LogP contribution is 2.21. The standard InChI is InChI=1S/C15H23N3/c1-11-4-3-5-12(2)14(11)10-18-8-6-13(7-9-18)15(16)17/h3-5,13H,6-10H2,1-2H3,(H3,16,17). The highest BCUT2D eigenvalue weighted by molar-refractivity contribution is 5.79. The van der Waals surface area contributed by atoms with Crippen LogP contribution < -0.4 is 5.73 Å². The van der Waals surface area contributed by atoms with E-state index < -0.39 is 0 Å².